The Kier molecular flexibility index (Phi) is 7.23. The van der Waals surface area contributed by atoms with Gasteiger partial charge in [0.1, 0.15) is 0 Å². The number of carbonyl (C=O) groups is 3. The fourth-order valence-electron chi connectivity index (χ4n) is 5.88. The highest BCUT2D eigenvalue weighted by Crippen LogP contribution is 2.42. The second-order valence-electron chi connectivity index (χ2n) is 10.3. The number of carbonyl (C=O) groups excluding carboxylic acids is 3. The molecule has 186 valence electrons. The second-order valence-corrected chi connectivity index (χ2v) is 11.2. The number of hydrogen-bond donors (Lipinski definition) is 0. The smallest absolute Gasteiger partial charge is 0.228 e. The third-order valence-corrected chi connectivity index (χ3v) is 8.85. The lowest BCUT2D eigenvalue weighted by Gasteiger charge is -2.43. The van der Waals surface area contributed by atoms with Gasteiger partial charge in [0, 0.05) is 49.6 Å². The van der Waals surface area contributed by atoms with Gasteiger partial charge in [-0.2, -0.15) is 0 Å². The highest BCUT2D eigenvalue weighted by molar-refractivity contribution is 7.10. The average Bonchev–Trinajstić information content (AvgIpc) is 3.59. The molecule has 3 aliphatic heterocycles. The second kappa shape index (κ2) is 10.5. The summed E-state index contributed by atoms with van der Waals surface area (Å²) in [5.41, 5.74) is 2.00. The van der Waals surface area contributed by atoms with Gasteiger partial charge in [-0.1, -0.05) is 23.8 Å². The number of benzene rings is 1. The minimum absolute atomic E-state index is 0.0791. The summed E-state index contributed by atoms with van der Waals surface area (Å²) in [5.74, 6) is 0.616. The van der Waals surface area contributed by atoms with Crippen LogP contribution in [-0.4, -0.2) is 53.7 Å². The molecular weight excluding hydrogens is 458 g/mol. The van der Waals surface area contributed by atoms with Crippen LogP contribution in [0.5, 0.6) is 0 Å². The zero-order chi connectivity index (χ0) is 24.4. The fourth-order valence-corrected chi connectivity index (χ4v) is 6.76. The van der Waals surface area contributed by atoms with Gasteiger partial charge >= 0.3 is 0 Å². The van der Waals surface area contributed by atoms with Gasteiger partial charge in [-0.25, -0.2) is 0 Å². The molecule has 2 unspecified atom stereocenters. The predicted molar refractivity (Wildman–Crippen MR) is 138 cm³/mol. The predicted octanol–water partition coefficient (Wildman–Crippen LogP) is 4.79. The standard InChI is InChI=1S/C28H35N3O3S/c1-20-6-8-22(9-7-20)31-25(32)11-10-23(27(31)24-5-4-18-35-24)28(34)30-16-12-21(13-17-30)19-26(33)29-14-2-3-15-29/h4-9,18,21,23,27H,2-3,10-17,19H2,1H3. The highest BCUT2D eigenvalue weighted by atomic mass is 32.1. The van der Waals surface area contributed by atoms with Gasteiger partial charge in [0.05, 0.1) is 12.0 Å². The first-order valence-corrected chi connectivity index (χ1v) is 13.9. The first-order chi connectivity index (χ1) is 17.0. The van der Waals surface area contributed by atoms with Gasteiger partial charge in [0.15, 0.2) is 0 Å². The Morgan fingerprint density at radius 3 is 2.31 bits per heavy atom. The van der Waals surface area contributed by atoms with E-state index in [1.165, 1.54) is 0 Å². The van der Waals surface area contributed by atoms with Gasteiger partial charge in [-0.15, -0.1) is 11.3 Å². The van der Waals surface area contributed by atoms with Crippen LogP contribution in [0.4, 0.5) is 5.69 Å². The van der Waals surface area contributed by atoms with Crippen molar-refractivity contribution >= 4 is 34.7 Å². The van der Waals surface area contributed by atoms with Crippen molar-refractivity contribution in [2.45, 2.75) is 57.9 Å². The van der Waals surface area contributed by atoms with Crippen LogP contribution in [0.3, 0.4) is 0 Å². The molecule has 7 heteroatoms. The molecule has 3 amide bonds. The number of nitrogens with zero attached hydrogens (tertiary/aromatic N) is 3. The quantitative estimate of drug-likeness (QED) is 0.602. The topological polar surface area (TPSA) is 60.9 Å². The van der Waals surface area contributed by atoms with Crippen molar-refractivity contribution in [1.82, 2.24) is 9.80 Å². The van der Waals surface area contributed by atoms with Crippen LogP contribution < -0.4 is 4.90 Å². The summed E-state index contributed by atoms with van der Waals surface area (Å²) in [4.78, 5) is 46.5. The molecular formula is C28H35N3O3S. The van der Waals surface area contributed by atoms with E-state index < -0.39 is 0 Å². The van der Waals surface area contributed by atoms with Crippen molar-refractivity contribution in [2.24, 2.45) is 11.8 Å². The normalized spacial score (nSPS) is 23.7. The SMILES string of the molecule is Cc1ccc(N2C(=O)CCC(C(=O)N3CCC(CC(=O)N4CCCC4)CC3)C2c2cccs2)cc1. The molecule has 2 atom stereocenters. The van der Waals surface area contributed by atoms with Crippen molar-refractivity contribution in [3.8, 4) is 0 Å². The lowest BCUT2D eigenvalue weighted by atomic mass is 9.84. The minimum Gasteiger partial charge on any atom is -0.343 e. The van der Waals surface area contributed by atoms with Crippen LogP contribution in [0.2, 0.25) is 0 Å². The molecule has 1 aromatic carbocycles. The molecule has 0 N–H and O–H groups in total. The molecule has 3 saturated heterocycles. The van der Waals surface area contributed by atoms with E-state index in [4.69, 9.17) is 0 Å². The van der Waals surface area contributed by atoms with Crippen molar-refractivity contribution in [2.75, 3.05) is 31.1 Å². The van der Waals surface area contributed by atoms with Gasteiger partial charge in [0.25, 0.3) is 0 Å². The fraction of sp³-hybridized carbons (Fsp3) is 0.536. The molecule has 3 aliphatic rings. The molecule has 4 heterocycles. The number of likely N-dealkylation sites (tertiary alicyclic amines) is 2. The van der Waals surface area contributed by atoms with Gasteiger partial charge in [0.2, 0.25) is 17.7 Å². The van der Waals surface area contributed by atoms with Gasteiger partial charge < -0.3 is 14.7 Å². The molecule has 0 spiro atoms. The molecule has 0 bridgehead atoms. The van der Waals surface area contributed by atoms with Crippen LogP contribution in [0.25, 0.3) is 0 Å². The third-order valence-electron chi connectivity index (χ3n) is 7.91. The lowest BCUT2D eigenvalue weighted by Crippen LogP contribution is -2.50. The van der Waals surface area contributed by atoms with E-state index in [1.807, 2.05) is 63.4 Å². The van der Waals surface area contributed by atoms with E-state index >= 15 is 0 Å². The average molecular weight is 494 g/mol. The molecule has 6 nitrogen and oxygen atoms in total. The summed E-state index contributed by atoms with van der Waals surface area (Å²) in [6.45, 7) is 5.23. The lowest BCUT2D eigenvalue weighted by molar-refractivity contribution is -0.139. The number of anilines is 1. The van der Waals surface area contributed by atoms with Crippen LogP contribution in [0, 0.1) is 18.8 Å². The maximum absolute atomic E-state index is 13.9. The van der Waals surface area contributed by atoms with E-state index in [-0.39, 0.29) is 29.7 Å². The van der Waals surface area contributed by atoms with E-state index in [1.54, 1.807) is 11.3 Å². The monoisotopic (exact) mass is 493 g/mol. The Morgan fingerprint density at radius 2 is 1.66 bits per heavy atom. The summed E-state index contributed by atoms with van der Waals surface area (Å²) in [7, 11) is 0. The van der Waals surface area contributed by atoms with E-state index in [9.17, 15) is 14.4 Å². The van der Waals surface area contributed by atoms with E-state index in [2.05, 4.69) is 0 Å². The Balaban J connectivity index is 1.30. The number of amides is 3. The number of rotatable bonds is 5. The maximum atomic E-state index is 13.9. The van der Waals surface area contributed by atoms with Crippen LogP contribution in [0.1, 0.15) is 61.4 Å². The first kappa shape index (κ1) is 24.0. The Morgan fingerprint density at radius 1 is 0.943 bits per heavy atom. The maximum Gasteiger partial charge on any atom is 0.228 e. The number of piperidine rings is 2. The third kappa shape index (κ3) is 5.15. The Hall–Kier alpha value is -2.67. The van der Waals surface area contributed by atoms with E-state index in [0.29, 0.717) is 38.3 Å². The summed E-state index contributed by atoms with van der Waals surface area (Å²) >= 11 is 1.61. The summed E-state index contributed by atoms with van der Waals surface area (Å²) in [6.07, 6.45) is 5.56. The molecule has 2 aromatic rings. The highest BCUT2D eigenvalue weighted by Gasteiger charge is 2.44. The molecule has 0 saturated carbocycles. The molecule has 0 radical (unpaired) electrons. The Bertz CT molecular complexity index is 1040. The van der Waals surface area contributed by atoms with Gasteiger partial charge in [-0.3, -0.25) is 14.4 Å². The minimum atomic E-state index is -0.277. The number of hydrogen-bond acceptors (Lipinski definition) is 4. The van der Waals surface area contributed by atoms with Crippen molar-refractivity contribution in [1.29, 1.82) is 0 Å². The Labute approximate surface area is 211 Å². The molecule has 0 aliphatic carbocycles. The van der Waals surface area contributed by atoms with Crippen molar-refractivity contribution < 1.29 is 14.4 Å². The zero-order valence-electron chi connectivity index (χ0n) is 20.5. The van der Waals surface area contributed by atoms with Crippen LogP contribution in [-0.2, 0) is 14.4 Å². The molecule has 35 heavy (non-hydrogen) atoms. The number of thiophene rings is 1. The largest absolute Gasteiger partial charge is 0.343 e. The summed E-state index contributed by atoms with van der Waals surface area (Å²) < 4.78 is 0. The molecule has 1 aromatic heterocycles. The molecule has 5 rings (SSSR count). The van der Waals surface area contributed by atoms with Crippen LogP contribution in [0.15, 0.2) is 41.8 Å². The number of aryl methyl sites for hydroxylation is 1. The summed E-state index contributed by atoms with van der Waals surface area (Å²) in [6, 6.07) is 11.8. The summed E-state index contributed by atoms with van der Waals surface area (Å²) in [5, 5.41) is 2.02. The zero-order valence-corrected chi connectivity index (χ0v) is 21.3. The van der Waals surface area contributed by atoms with Crippen molar-refractivity contribution in [3.05, 3.63) is 52.2 Å². The molecule has 3 fully saturated rings. The van der Waals surface area contributed by atoms with E-state index in [0.717, 1.165) is 54.9 Å². The van der Waals surface area contributed by atoms with Crippen molar-refractivity contribution in [3.63, 3.8) is 0 Å². The van der Waals surface area contributed by atoms with Gasteiger partial charge in [-0.05, 0) is 68.5 Å². The van der Waals surface area contributed by atoms with Crippen LogP contribution >= 0.6 is 11.3 Å². The first-order valence-electron chi connectivity index (χ1n) is 13.0.